The lowest BCUT2D eigenvalue weighted by Crippen LogP contribution is -2.57. The van der Waals surface area contributed by atoms with Crippen molar-refractivity contribution < 1.29 is 17.8 Å². The number of esters is 1. The van der Waals surface area contributed by atoms with Crippen molar-refractivity contribution in [2.24, 2.45) is 5.41 Å². The Bertz CT molecular complexity index is 433. The maximum absolute atomic E-state index is 12.3. The minimum absolute atomic E-state index is 0.0975. The molecule has 0 aromatic rings. The van der Waals surface area contributed by atoms with E-state index in [1.165, 1.54) is 0 Å². The Hall–Kier alpha value is 0.258. The van der Waals surface area contributed by atoms with Crippen molar-refractivity contribution in [1.82, 2.24) is 0 Å². The monoisotopic (exact) mass is 450 g/mol. The highest BCUT2D eigenvalue weighted by molar-refractivity contribution is 6.97. The van der Waals surface area contributed by atoms with E-state index in [0.29, 0.717) is 6.61 Å². The van der Waals surface area contributed by atoms with Crippen molar-refractivity contribution in [3.63, 3.8) is 0 Å². The second-order valence-electron chi connectivity index (χ2n) is 11.6. The molecule has 0 unspecified atom stereocenters. The van der Waals surface area contributed by atoms with Gasteiger partial charge in [-0.2, -0.15) is 0 Å². The van der Waals surface area contributed by atoms with E-state index in [9.17, 15) is 4.79 Å². The molecule has 0 heterocycles. The lowest BCUT2D eigenvalue weighted by molar-refractivity contribution is -0.154. The molecule has 0 radical (unpaired) electrons. The van der Waals surface area contributed by atoms with E-state index in [2.05, 4.69) is 58.9 Å². The van der Waals surface area contributed by atoms with Crippen LogP contribution in [0.4, 0.5) is 0 Å². The first-order chi connectivity index (χ1) is 11.8. The van der Waals surface area contributed by atoms with Crippen molar-refractivity contribution in [2.45, 2.75) is 104 Å². The summed E-state index contributed by atoms with van der Waals surface area (Å²) in [6.07, 6.45) is 1.62. The van der Waals surface area contributed by atoms with Crippen LogP contribution in [0.2, 0.25) is 70.6 Å². The first kappa shape index (κ1) is 27.3. The van der Waals surface area contributed by atoms with Gasteiger partial charge in [-0.1, -0.05) is 26.6 Å². The molecule has 8 heteroatoms. The van der Waals surface area contributed by atoms with Crippen LogP contribution in [0, 0.1) is 5.41 Å². The van der Waals surface area contributed by atoms with Crippen molar-refractivity contribution in [2.75, 3.05) is 6.61 Å². The van der Waals surface area contributed by atoms with Crippen LogP contribution < -0.4 is 0 Å². The average molecular weight is 451 g/mol. The summed E-state index contributed by atoms with van der Waals surface area (Å²) < 4.78 is 19.3. The Kier molecular flexibility index (Phi) is 9.93. The van der Waals surface area contributed by atoms with Crippen LogP contribution in [-0.2, 0) is 17.8 Å². The van der Waals surface area contributed by atoms with E-state index < -0.39 is 38.7 Å². The average Bonchev–Trinajstić information content (AvgIpc) is 2.37. The van der Waals surface area contributed by atoms with Gasteiger partial charge in [0.1, 0.15) is 0 Å². The van der Waals surface area contributed by atoms with Gasteiger partial charge >= 0.3 is 14.5 Å². The minimum atomic E-state index is -2.33. The lowest BCUT2D eigenvalue weighted by Gasteiger charge is -2.43. The lowest BCUT2D eigenvalue weighted by atomic mass is 9.91. The van der Waals surface area contributed by atoms with Crippen LogP contribution in [0.15, 0.2) is 0 Å². The van der Waals surface area contributed by atoms with E-state index in [4.69, 9.17) is 13.0 Å². The van der Waals surface area contributed by atoms with Gasteiger partial charge in [-0.15, -0.1) is 0 Å². The summed E-state index contributed by atoms with van der Waals surface area (Å²) in [4.78, 5) is 12.3. The summed E-state index contributed by atoms with van der Waals surface area (Å²) in [5.74, 6) is -0.0975. The maximum Gasteiger partial charge on any atom is 0.314 e. The fraction of sp³-hybridized carbons (Fsp3) is 0.947. The minimum Gasteiger partial charge on any atom is -0.465 e. The van der Waals surface area contributed by atoms with Crippen molar-refractivity contribution in [1.29, 1.82) is 0 Å². The molecule has 0 aliphatic carbocycles. The zero-order valence-corrected chi connectivity index (χ0v) is 24.2. The molecule has 0 aliphatic rings. The Morgan fingerprint density at radius 3 is 1.63 bits per heavy atom. The van der Waals surface area contributed by atoms with Crippen LogP contribution in [-0.4, -0.2) is 45.8 Å². The smallest absolute Gasteiger partial charge is 0.314 e. The van der Waals surface area contributed by atoms with E-state index in [1.54, 1.807) is 0 Å². The zero-order chi connectivity index (χ0) is 21.7. The van der Waals surface area contributed by atoms with Gasteiger partial charge in [-0.3, -0.25) is 4.79 Å². The first-order valence-electron chi connectivity index (χ1n) is 10.4. The Morgan fingerprint density at radius 1 is 0.852 bits per heavy atom. The van der Waals surface area contributed by atoms with Crippen LogP contribution >= 0.6 is 0 Å². The van der Waals surface area contributed by atoms with E-state index >= 15 is 0 Å². The number of ether oxygens (including phenoxy) is 1. The zero-order valence-electron chi connectivity index (χ0n) is 20.2. The highest BCUT2D eigenvalue weighted by Gasteiger charge is 2.47. The molecule has 0 bridgehead atoms. The molecule has 0 aromatic heterocycles. The molecule has 0 aliphatic heterocycles. The third kappa shape index (κ3) is 12.4. The third-order valence-corrected chi connectivity index (χ3v) is 19.5. The van der Waals surface area contributed by atoms with Gasteiger partial charge in [-0.05, 0) is 77.7 Å². The number of carbonyl (C=O) groups excluding carboxylic acids is 1. The molecule has 0 saturated carbocycles. The fourth-order valence-corrected chi connectivity index (χ4v) is 23.1. The number of carbonyl (C=O) groups is 1. The summed E-state index contributed by atoms with van der Waals surface area (Å²) >= 11 is 0. The number of rotatable bonds is 12. The molecule has 0 aromatic carbocycles. The van der Waals surface area contributed by atoms with Gasteiger partial charge in [-0.25, -0.2) is 0 Å². The topological polar surface area (TPSA) is 44.8 Å². The van der Waals surface area contributed by atoms with E-state index in [0.717, 1.165) is 24.6 Å². The second-order valence-corrected chi connectivity index (χ2v) is 30.5. The van der Waals surface area contributed by atoms with E-state index in [-0.39, 0.29) is 5.97 Å². The molecule has 0 atom stereocenters. The standard InChI is InChI=1S/C19H46O4Si4/c1-13-19(2,3)18(20)21-15-14-16-27(17-24(4,5)6,22-25(7,8)9)23-26(10,11)12/h13-17H2,1-12H3. The summed E-state index contributed by atoms with van der Waals surface area (Å²) in [6.45, 7) is 27.2. The Labute approximate surface area is 173 Å². The molecule has 27 heavy (non-hydrogen) atoms. The summed E-state index contributed by atoms with van der Waals surface area (Å²) in [5.41, 5.74) is 0.708. The van der Waals surface area contributed by atoms with Crippen molar-refractivity contribution in [3.05, 3.63) is 0 Å². The van der Waals surface area contributed by atoms with Crippen LogP contribution in [0.1, 0.15) is 33.6 Å². The van der Waals surface area contributed by atoms with Gasteiger partial charge in [0, 0.05) is 8.07 Å². The molecular formula is C19H46O4Si4. The van der Waals surface area contributed by atoms with Gasteiger partial charge in [0.25, 0.3) is 0 Å². The van der Waals surface area contributed by atoms with E-state index in [1.807, 2.05) is 20.8 Å². The van der Waals surface area contributed by atoms with Gasteiger partial charge in [0.15, 0.2) is 16.6 Å². The first-order valence-corrected chi connectivity index (χ1v) is 23.1. The van der Waals surface area contributed by atoms with Crippen LogP contribution in [0.3, 0.4) is 0 Å². The van der Waals surface area contributed by atoms with Gasteiger partial charge in [0.05, 0.1) is 12.0 Å². The summed E-state index contributed by atoms with van der Waals surface area (Å²) in [5, 5.41) is 0. The highest BCUT2D eigenvalue weighted by atomic mass is 28.5. The normalized spacial score (nSPS) is 14.4. The molecule has 162 valence electrons. The molecule has 0 fully saturated rings. The second kappa shape index (κ2) is 9.84. The number of hydrogen-bond acceptors (Lipinski definition) is 4. The molecule has 0 rings (SSSR count). The molecule has 0 N–H and O–H groups in total. The third-order valence-electron chi connectivity index (χ3n) is 4.16. The fourth-order valence-electron chi connectivity index (χ4n) is 3.05. The van der Waals surface area contributed by atoms with Crippen molar-refractivity contribution >= 4 is 39.2 Å². The van der Waals surface area contributed by atoms with Crippen LogP contribution in [0.25, 0.3) is 0 Å². The van der Waals surface area contributed by atoms with Gasteiger partial charge in [0.2, 0.25) is 0 Å². The number of hydrogen-bond donors (Lipinski definition) is 0. The molecule has 0 spiro atoms. The van der Waals surface area contributed by atoms with Crippen LogP contribution in [0.5, 0.6) is 0 Å². The largest absolute Gasteiger partial charge is 0.465 e. The van der Waals surface area contributed by atoms with Crippen molar-refractivity contribution in [3.8, 4) is 0 Å². The predicted octanol–water partition coefficient (Wildman–Crippen LogP) is 6.38. The Morgan fingerprint density at radius 2 is 1.30 bits per heavy atom. The molecule has 4 nitrogen and oxygen atoms in total. The summed E-state index contributed by atoms with van der Waals surface area (Å²) in [6, 6.07) is 0.922. The summed E-state index contributed by atoms with van der Waals surface area (Å²) in [7, 11) is -7.17. The molecular weight excluding hydrogens is 405 g/mol. The van der Waals surface area contributed by atoms with Gasteiger partial charge < -0.3 is 13.0 Å². The maximum atomic E-state index is 12.3. The molecule has 0 amide bonds. The SMILES string of the molecule is CCC(C)(C)C(=O)OCCC[Si](C[Si](C)(C)C)(O[Si](C)(C)C)O[Si](C)(C)C. The quantitative estimate of drug-likeness (QED) is 0.196. The Balaban J connectivity index is 5.29. The highest BCUT2D eigenvalue weighted by Crippen LogP contribution is 2.33. The molecule has 0 saturated heterocycles. The predicted molar refractivity (Wildman–Crippen MR) is 127 cm³/mol.